The minimum absolute atomic E-state index is 0.0344. The van der Waals surface area contributed by atoms with E-state index in [9.17, 15) is 4.79 Å². The van der Waals surface area contributed by atoms with Gasteiger partial charge in [0.15, 0.2) is 5.78 Å². The van der Waals surface area contributed by atoms with Crippen LogP contribution in [0.1, 0.15) is 28.4 Å². The van der Waals surface area contributed by atoms with Crippen LogP contribution in [0.2, 0.25) is 10.0 Å². The highest BCUT2D eigenvalue weighted by atomic mass is 35.5. The first-order valence-electron chi connectivity index (χ1n) is 8.50. The second kappa shape index (κ2) is 8.94. The lowest BCUT2D eigenvalue weighted by Gasteiger charge is -2.20. The summed E-state index contributed by atoms with van der Waals surface area (Å²) in [4.78, 5) is 12.8. The lowest BCUT2D eigenvalue weighted by molar-refractivity contribution is 0.0976. The lowest BCUT2D eigenvalue weighted by Crippen LogP contribution is -2.16. The van der Waals surface area contributed by atoms with E-state index >= 15 is 0 Å². The van der Waals surface area contributed by atoms with Crippen LogP contribution in [0.25, 0.3) is 0 Å². The van der Waals surface area contributed by atoms with Crippen molar-refractivity contribution in [2.75, 3.05) is 12.4 Å². The number of Topliss-reactive ketones (excluding diaryl/α,β-unsaturated/α-hetero) is 1. The van der Waals surface area contributed by atoms with E-state index in [-0.39, 0.29) is 11.8 Å². The van der Waals surface area contributed by atoms with Gasteiger partial charge in [0.05, 0.1) is 13.2 Å². The third-order valence-corrected chi connectivity index (χ3v) is 4.73. The van der Waals surface area contributed by atoms with Crippen molar-refractivity contribution in [3.05, 3.63) is 94.0 Å². The fraction of sp³-hybridized carbons (Fsp3) is 0.136. The number of carbonyl (C=O) groups excluding carboxylic acids is 1. The number of halogens is 2. The van der Waals surface area contributed by atoms with Crippen LogP contribution in [0.15, 0.2) is 72.8 Å². The number of ether oxygens (including phenoxy) is 1. The van der Waals surface area contributed by atoms with E-state index in [1.807, 2.05) is 48.5 Å². The van der Waals surface area contributed by atoms with E-state index in [1.165, 1.54) is 0 Å². The fourth-order valence-corrected chi connectivity index (χ4v) is 3.12. The molecule has 3 rings (SSSR count). The smallest absolute Gasteiger partial charge is 0.165 e. The van der Waals surface area contributed by atoms with Crippen LogP contribution in [0.5, 0.6) is 5.75 Å². The molecule has 0 aliphatic carbocycles. The highest BCUT2D eigenvalue weighted by molar-refractivity contribution is 6.31. The molecule has 5 heteroatoms. The first-order chi connectivity index (χ1) is 13.0. The zero-order valence-corrected chi connectivity index (χ0v) is 16.3. The molecule has 0 spiro atoms. The molecular formula is C22H19Cl2NO2. The van der Waals surface area contributed by atoms with E-state index < -0.39 is 0 Å². The Hall–Kier alpha value is -2.49. The molecule has 0 aliphatic rings. The third-order valence-electron chi connectivity index (χ3n) is 4.24. The molecule has 0 bridgehead atoms. The maximum atomic E-state index is 12.8. The molecule has 1 atom stereocenters. The Bertz CT molecular complexity index is 908. The second-order valence-electron chi connectivity index (χ2n) is 6.11. The monoisotopic (exact) mass is 399 g/mol. The van der Waals surface area contributed by atoms with Gasteiger partial charge in [-0.2, -0.15) is 0 Å². The van der Waals surface area contributed by atoms with Gasteiger partial charge >= 0.3 is 0 Å². The topological polar surface area (TPSA) is 38.3 Å². The molecule has 3 nitrogen and oxygen atoms in total. The van der Waals surface area contributed by atoms with Crippen molar-refractivity contribution >= 4 is 34.7 Å². The van der Waals surface area contributed by atoms with Crippen molar-refractivity contribution in [3.63, 3.8) is 0 Å². The van der Waals surface area contributed by atoms with Crippen molar-refractivity contribution in [2.24, 2.45) is 0 Å². The van der Waals surface area contributed by atoms with Gasteiger partial charge in [0.25, 0.3) is 0 Å². The van der Waals surface area contributed by atoms with Gasteiger partial charge in [-0.15, -0.1) is 0 Å². The van der Waals surface area contributed by atoms with E-state index in [2.05, 4.69) is 5.32 Å². The number of hydrogen-bond donors (Lipinski definition) is 1. The Balaban J connectivity index is 1.84. The SMILES string of the molecule is COc1ccc(C(=O)C[C@H](Nc2cccc(Cl)c2)c2ccc(Cl)cc2)cc1. The molecule has 0 aliphatic heterocycles. The van der Waals surface area contributed by atoms with Crippen molar-refractivity contribution in [1.82, 2.24) is 0 Å². The number of nitrogens with one attached hydrogen (secondary N) is 1. The molecular weight excluding hydrogens is 381 g/mol. The molecule has 0 amide bonds. The number of ketones is 1. The van der Waals surface area contributed by atoms with E-state index in [4.69, 9.17) is 27.9 Å². The standard InChI is InChI=1S/C22H19Cl2NO2/c1-27-20-11-7-16(8-12-20)22(26)14-21(15-5-9-17(23)10-6-15)25-19-4-2-3-18(24)13-19/h2-13,21,25H,14H2,1H3/t21-/m0/s1. The van der Waals surface area contributed by atoms with E-state index in [0.29, 0.717) is 22.0 Å². The van der Waals surface area contributed by atoms with Crippen LogP contribution in [0.4, 0.5) is 5.69 Å². The van der Waals surface area contributed by atoms with Gasteiger partial charge in [-0.25, -0.2) is 0 Å². The molecule has 0 saturated heterocycles. The molecule has 0 aromatic heterocycles. The summed E-state index contributed by atoms with van der Waals surface area (Å²) >= 11 is 12.1. The first-order valence-corrected chi connectivity index (χ1v) is 9.25. The van der Waals surface area contributed by atoms with Crippen LogP contribution in [0.3, 0.4) is 0 Å². The van der Waals surface area contributed by atoms with Crippen LogP contribution < -0.4 is 10.1 Å². The summed E-state index contributed by atoms with van der Waals surface area (Å²) in [5.41, 5.74) is 2.47. The van der Waals surface area contributed by atoms with Gasteiger partial charge in [0.2, 0.25) is 0 Å². The molecule has 0 saturated carbocycles. The second-order valence-corrected chi connectivity index (χ2v) is 6.99. The fourth-order valence-electron chi connectivity index (χ4n) is 2.81. The number of benzene rings is 3. The number of anilines is 1. The minimum Gasteiger partial charge on any atom is -0.497 e. The predicted octanol–water partition coefficient (Wildman–Crippen LogP) is 6.43. The molecule has 0 fully saturated rings. The van der Waals surface area contributed by atoms with Crippen LogP contribution in [0, 0.1) is 0 Å². The van der Waals surface area contributed by atoms with Crippen LogP contribution in [-0.2, 0) is 0 Å². The zero-order chi connectivity index (χ0) is 19.2. The highest BCUT2D eigenvalue weighted by Gasteiger charge is 2.18. The summed E-state index contributed by atoms with van der Waals surface area (Å²) in [5.74, 6) is 0.755. The maximum Gasteiger partial charge on any atom is 0.165 e. The van der Waals surface area contributed by atoms with Crippen LogP contribution >= 0.6 is 23.2 Å². The minimum atomic E-state index is -0.213. The molecule has 0 unspecified atom stereocenters. The zero-order valence-electron chi connectivity index (χ0n) is 14.8. The third kappa shape index (κ3) is 5.25. The molecule has 3 aromatic rings. The number of rotatable bonds is 7. The van der Waals surface area contributed by atoms with E-state index in [1.54, 1.807) is 31.4 Å². The summed E-state index contributed by atoms with van der Waals surface area (Å²) in [6.07, 6.45) is 0.292. The molecule has 0 radical (unpaired) electrons. The summed E-state index contributed by atoms with van der Waals surface area (Å²) in [5, 5.41) is 4.70. The summed E-state index contributed by atoms with van der Waals surface area (Å²) < 4.78 is 5.15. The Morgan fingerprint density at radius 3 is 2.30 bits per heavy atom. The van der Waals surface area contributed by atoms with Gasteiger partial charge in [-0.05, 0) is 60.2 Å². The van der Waals surface area contributed by atoms with Gasteiger partial charge in [-0.3, -0.25) is 4.79 Å². The van der Waals surface area contributed by atoms with Crippen molar-refractivity contribution in [1.29, 1.82) is 0 Å². The number of carbonyl (C=O) groups is 1. The maximum absolute atomic E-state index is 12.8. The highest BCUT2D eigenvalue weighted by Crippen LogP contribution is 2.27. The Morgan fingerprint density at radius 1 is 0.963 bits per heavy atom. The molecule has 3 aromatic carbocycles. The Kier molecular flexibility index (Phi) is 6.38. The molecule has 27 heavy (non-hydrogen) atoms. The number of methoxy groups -OCH3 is 1. The summed E-state index contributed by atoms with van der Waals surface area (Å²) in [7, 11) is 1.60. The van der Waals surface area contributed by atoms with Crippen LogP contribution in [-0.4, -0.2) is 12.9 Å². The number of hydrogen-bond acceptors (Lipinski definition) is 3. The summed E-state index contributed by atoms with van der Waals surface area (Å²) in [6.45, 7) is 0. The molecule has 138 valence electrons. The average molecular weight is 400 g/mol. The molecule has 1 N–H and O–H groups in total. The Labute approximate surface area is 168 Å². The predicted molar refractivity (Wildman–Crippen MR) is 111 cm³/mol. The largest absolute Gasteiger partial charge is 0.497 e. The summed E-state index contributed by atoms with van der Waals surface area (Å²) in [6, 6.07) is 21.8. The Morgan fingerprint density at radius 2 is 1.67 bits per heavy atom. The average Bonchev–Trinajstić information content (AvgIpc) is 2.68. The lowest BCUT2D eigenvalue weighted by atomic mass is 9.97. The van der Waals surface area contributed by atoms with Crippen molar-refractivity contribution in [3.8, 4) is 5.75 Å². The normalized spacial score (nSPS) is 11.7. The van der Waals surface area contributed by atoms with Gasteiger partial charge in [0, 0.05) is 27.7 Å². The van der Waals surface area contributed by atoms with Gasteiger partial charge in [-0.1, -0.05) is 41.4 Å². The quantitative estimate of drug-likeness (QED) is 0.465. The van der Waals surface area contributed by atoms with Gasteiger partial charge in [0.1, 0.15) is 5.75 Å². The van der Waals surface area contributed by atoms with Crippen molar-refractivity contribution < 1.29 is 9.53 Å². The van der Waals surface area contributed by atoms with E-state index in [0.717, 1.165) is 17.0 Å². The first kappa shape index (κ1) is 19.3. The van der Waals surface area contributed by atoms with Crippen molar-refractivity contribution in [2.45, 2.75) is 12.5 Å². The molecule has 0 heterocycles. The van der Waals surface area contributed by atoms with Gasteiger partial charge < -0.3 is 10.1 Å².